The van der Waals surface area contributed by atoms with Crippen molar-refractivity contribution in [3.8, 4) is 5.75 Å². The molecule has 0 saturated heterocycles. The van der Waals surface area contributed by atoms with E-state index in [4.69, 9.17) is 16.3 Å². The maximum atomic E-state index is 14.2. The number of halogens is 2. The maximum Gasteiger partial charge on any atom is 0.267 e. The second-order valence-electron chi connectivity index (χ2n) is 7.97. The minimum Gasteiger partial charge on any atom is -0.492 e. The van der Waals surface area contributed by atoms with Gasteiger partial charge in [-0.15, -0.1) is 0 Å². The lowest BCUT2D eigenvalue weighted by Crippen LogP contribution is -2.53. The number of carbonyl (C=O) groups excluding carboxylic acids is 1. The molecule has 1 aromatic carbocycles. The van der Waals surface area contributed by atoms with E-state index in [1.165, 1.54) is 12.8 Å². The van der Waals surface area contributed by atoms with Crippen LogP contribution in [0.15, 0.2) is 12.1 Å². The third kappa shape index (κ3) is 3.69. The summed E-state index contributed by atoms with van der Waals surface area (Å²) in [5.41, 5.74) is -0.108. The van der Waals surface area contributed by atoms with Crippen molar-refractivity contribution in [2.45, 2.75) is 33.1 Å². The predicted molar refractivity (Wildman–Crippen MR) is 97.3 cm³/mol. The monoisotopic (exact) mass is 403 g/mol. The van der Waals surface area contributed by atoms with Gasteiger partial charge in [-0.05, 0) is 48.5 Å². The standard InChI is InChI=1S/C18H23ClFNO4S/c1-18(2)11-5-4-10(13(18)6-11)9-25-16-8-15(20)12(7-14(16)19)17(22)21-26(3,23)24/h7-8,10-11,13H,4-6,9H2,1-3H3,(H,21,22)/t10-,11+,13-/m1/s1. The van der Waals surface area contributed by atoms with E-state index < -0.39 is 27.3 Å². The van der Waals surface area contributed by atoms with Gasteiger partial charge in [-0.1, -0.05) is 25.4 Å². The van der Waals surface area contributed by atoms with Gasteiger partial charge in [-0.25, -0.2) is 17.5 Å². The highest BCUT2D eigenvalue weighted by atomic mass is 35.5. The number of rotatable bonds is 5. The van der Waals surface area contributed by atoms with E-state index in [2.05, 4.69) is 13.8 Å². The van der Waals surface area contributed by atoms with Gasteiger partial charge in [0.2, 0.25) is 10.0 Å². The predicted octanol–water partition coefficient (Wildman–Crippen LogP) is 3.62. The van der Waals surface area contributed by atoms with Crippen LogP contribution in [0.4, 0.5) is 4.39 Å². The van der Waals surface area contributed by atoms with E-state index in [-0.39, 0.29) is 10.8 Å². The summed E-state index contributed by atoms with van der Waals surface area (Å²) in [6, 6.07) is 2.13. The molecule has 3 fully saturated rings. The van der Waals surface area contributed by atoms with Crippen LogP contribution in [0.3, 0.4) is 0 Å². The van der Waals surface area contributed by atoms with Gasteiger partial charge in [0.25, 0.3) is 5.91 Å². The number of hydrogen-bond donors (Lipinski definition) is 1. The van der Waals surface area contributed by atoms with Crippen molar-refractivity contribution < 1.29 is 22.3 Å². The van der Waals surface area contributed by atoms with Gasteiger partial charge in [0.05, 0.1) is 23.4 Å². The van der Waals surface area contributed by atoms with E-state index in [0.717, 1.165) is 30.7 Å². The first-order valence-electron chi connectivity index (χ1n) is 8.63. The van der Waals surface area contributed by atoms with Crippen molar-refractivity contribution in [3.63, 3.8) is 0 Å². The highest BCUT2D eigenvalue weighted by molar-refractivity contribution is 7.89. The molecule has 0 radical (unpaired) electrons. The normalized spacial score (nSPS) is 26.7. The van der Waals surface area contributed by atoms with E-state index in [9.17, 15) is 17.6 Å². The number of carbonyl (C=O) groups is 1. The molecule has 1 aromatic rings. The molecule has 1 N–H and O–H groups in total. The average Bonchev–Trinajstić information content (AvgIpc) is 2.53. The van der Waals surface area contributed by atoms with E-state index in [0.29, 0.717) is 23.9 Å². The second-order valence-corrected chi connectivity index (χ2v) is 10.1. The summed E-state index contributed by atoms with van der Waals surface area (Å²) in [6.45, 7) is 5.04. The first-order valence-corrected chi connectivity index (χ1v) is 10.9. The van der Waals surface area contributed by atoms with Crippen molar-refractivity contribution in [1.29, 1.82) is 0 Å². The van der Waals surface area contributed by atoms with E-state index in [1.807, 2.05) is 0 Å². The van der Waals surface area contributed by atoms with Gasteiger partial charge in [0.15, 0.2) is 0 Å². The van der Waals surface area contributed by atoms with Crippen LogP contribution in [0.5, 0.6) is 5.75 Å². The van der Waals surface area contributed by atoms with Crippen LogP contribution in [-0.4, -0.2) is 27.2 Å². The molecule has 2 bridgehead atoms. The highest BCUT2D eigenvalue weighted by Crippen LogP contribution is 2.61. The molecule has 8 heteroatoms. The number of nitrogens with one attached hydrogen (secondary N) is 1. The van der Waals surface area contributed by atoms with Crippen molar-refractivity contribution in [2.24, 2.45) is 23.2 Å². The van der Waals surface area contributed by atoms with Gasteiger partial charge in [-0.3, -0.25) is 4.79 Å². The van der Waals surface area contributed by atoms with Crippen LogP contribution in [0.2, 0.25) is 5.02 Å². The molecule has 3 aliphatic carbocycles. The highest BCUT2D eigenvalue weighted by Gasteiger charge is 2.54. The zero-order chi connectivity index (χ0) is 19.3. The lowest BCUT2D eigenvalue weighted by molar-refractivity contribution is -0.114. The van der Waals surface area contributed by atoms with Crippen LogP contribution in [0.1, 0.15) is 43.5 Å². The van der Waals surface area contributed by atoms with Crippen molar-refractivity contribution in [1.82, 2.24) is 4.72 Å². The first-order chi connectivity index (χ1) is 12.0. The number of sulfonamides is 1. The Labute approximate surface area is 158 Å². The second kappa shape index (κ2) is 6.68. The van der Waals surface area contributed by atoms with Crippen molar-refractivity contribution in [2.75, 3.05) is 12.9 Å². The lowest BCUT2D eigenvalue weighted by Gasteiger charge is -2.60. The van der Waals surface area contributed by atoms with Crippen LogP contribution in [0, 0.1) is 29.0 Å². The molecule has 1 amide bonds. The SMILES string of the molecule is CC1(C)[C@H]2CC[C@H](COc3cc(F)c(C(=O)NS(C)(=O)=O)cc3Cl)[C@H]1C2. The van der Waals surface area contributed by atoms with E-state index in [1.54, 1.807) is 4.72 Å². The summed E-state index contributed by atoms with van der Waals surface area (Å²) < 4.78 is 44.0. The average molecular weight is 404 g/mol. The zero-order valence-corrected chi connectivity index (χ0v) is 16.6. The Balaban J connectivity index is 1.70. The molecular formula is C18H23ClFNO4S. The molecule has 26 heavy (non-hydrogen) atoms. The summed E-state index contributed by atoms with van der Waals surface area (Å²) in [5, 5.41) is 0.0756. The number of benzene rings is 1. The minimum absolute atomic E-state index is 0.0756. The molecule has 0 aromatic heterocycles. The Morgan fingerprint density at radius 2 is 2.08 bits per heavy atom. The Bertz CT molecular complexity index is 838. The Morgan fingerprint density at radius 3 is 2.65 bits per heavy atom. The van der Waals surface area contributed by atoms with Crippen LogP contribution in [-0.2, 0) is 10.0 Å². The van der Waals surface area contributed by atoms with Crippen LogP contribution in [0.25, 0.3) is 0 Å². The molecule has 3 aliphatic rings. The molecule has 5 nitrogen and oxygen atoms in total. The van der Waals surface area contributed by atoms with Crippen molar-refractivity contribution >= 4 is 27.5 Å². The fourth-order valence-corrected chi connectivity index (χ4v) is 5.06. The molecule has 0 spiro atoms. The summed E-state index contributed by atoms with van der Waals surface area (Å²) >= 11 is 6.12. The van der Waals surface area contributed by atoms with Crippen LogP contribution < -0.4 is 9.46 Å². The summed E-state index contributed by atoms with van der Waals surface area (Å²) in [5.74, 6) is 0.0231. The Kier molecular flexibility index (Phi) is 4.99. The summed E-state index contributed by atoms with van der Waals surface area (Å²) in [7, 11) is -3.79. The topological polar surface area (TPSA) is 72.5 Å². The Hall–Kier alpha value is -1.34. The number of ether oxygens (including phenoxy) is 1. The zero-order valence-electron chi connectivity index (χ0n) is 15.0. The number of fused-ring (bicyclic) bond motifs is 2. The molecular weight excluding hydrogens is 381 g/mol. The molecule has 0 heterocycles. The smallest absolute Gasteiger partial charge is 0.267 e. The first kappa shape index (κ1) is 19.4. The number of hydrogen-bond acceptors (Lipinski definition) is 4. The lowest BCUT2D eigenvalue weighted by atomic mass is 9.46. The minimum atomic E-state index is -3.79. The van der Waals surface area contributed by atoms with Gasteiger partial charge < -0.3 is 4.74 Å². The van der Waals surface area contributed by atoms with Crippen LogP contribution >= 0.6 is 11.6 Å². The third-order valence-electron chi connectivity index (χ3n) is 6.00. The third-order valence-corrected chi connectivity index (χ3v) is 6.85. The largest absolute Gasteiger partial charge is 0.492 e. The van der Waals surface area contributed by atoms with Crippen molar-refractivity contribution in [3.05, 3.63) is 28.5 Å². The molecule has 144 valence electrons. The summed E-state index contributed by atoms with van der Waals surface area (Å²) in [4.78, 5) is 11.8. The van der Waals surface area contributed by atoms with E-state index >= 15 is 0 Å². The Morgan fingerprint density at radius 1 is 1.38 bits per heavy atom. The quantitative estimate of drug-likeness (QED) is 0.814. The fourth-order valence-electron chi connectivity index (χ4n) is 4.40. The molecule has 4 rings (SSSR count). The van der Waals surface area contributed by atoms with Gasteiger partial charge in [0, 0.05) is 6.07 Å². The molecule has 3 saturated carbocycles. The molecule has 0 aliphatic heterocycles. The number of amides is 1. The van der Waals surface area contributed by atoms with Gasteiger partial charge in [-0.2, -0.15) is 0 Å². The molecule has 0 unspecified atom stereocenters. The summed E-state index contributed by atoms with van der Waals surface area (Å²) in [6.07, 6.45) is 4.31. The van der Waals surface area contributed by atoms with Gasteiger partial charge >= 0.3 is 0 Å². The molecule has 3 atom stereocenters. The van der Waals surface area contributed by atoms with Gasteiger partial charge in [0.1, 0.15) is 11.6 Å². The maximum absolute atomic E-state index is 14.2. The fraction of sp³-hybridized carbons (Fsp3) is 0.611.